The van der Waals surface area contributed by atoms with Crippen molar-refractivity contribution in [3.8, 4) is 0 Å². The van der Waals surface area contributed by atoms with Crippen LogP contribution >= 0.6 is 8.03 Å². The lowest BCUT2D eigenvalue weighted by Crippen LogP contribution is -2.31. The van der Waals surface area contributed by atoms with E-state index in [9.17, 15) is 14.2 Å². The first-order valence-electron chi connectivity index (χ1n) is 8.95. The summed E-state index contributed by atoms with van der Waals surface area (Å²) in [5, 5.41) is 11.6. The Morgan fingerprint density at radius 3 is 2.39 bits per heavy atom. The van der Waals surface area contributed by atoms with Gasteiger partial charge in [0.25, 0.3) is 5.91 Å². The molecule has 2 N–H and O–H groups in total. The number of carboxylic acids is 1. The predicted molar refractivity (Wildman–Crippen MR) is 107 cm³/mol. The highest BCUT2D eigenvalue weighted by Gasteiger charge is 2.22. The van der Waals surface area contributed by atoms with E-state index in [4.69, 9.17) is 14.4 Å². The van der Waals surface area contributed by atoms with Gasteiger partial charge in [-0.25, -0.2) is 4.79 Å². The minimum atomic E-state index is -2.45. The molecule has 2 aromatic rings. The molecule has 0 aliphatic heterocycles. The van der Waals surface area contributed by atoms with Crippen molar-refractivity contribution in [3.63, 3.8) is 0 Å². The highest BCUT2D eigenvalue weighted by Crippen LogP contribution is 2.26. The monoisotopic (exact) mass is 405 g/mol. The maximum absolute atomic E-state index is 12.7. The van der Waals surface area contributed by atoms with Gasteiger partial charge in [-0.15, -0.1) is 0 Å². The fourth-order valence-electron chi connectivity index (χ4n) is 2.45. The number of amides is 1. The number of benzene rings is 2. The molecule has 0 radical (unpaired) electrons. The Kier molecular flexibility index (Phi) is 8.88. The topological polar surface area (TPSA) is 102 Å². The molecule has 0 aliphatic carbocycles. The normalized spacial score (nSPS) is 12.9. The van der Waals surface area contributed by atoms with E-state index in [1.54, 1.807) is 0 Å². The van der Waals surface area contributed by atoms with Gasteiger partial charge in [-0.2, -0.15) is 0 Å². The summed E-state index contributed by atoms with van der Waals surface area (Å²) < 4.78 is 23.0. The molecule has 7 nitrogen and oxygen atoms in total. The maximum Gasteiger partial charge on any atom is 0.335 e. The zero-order chi connectivity index (χ0) is 20.4. The minimum absolute atomic E-state index is 0.121. The van der Waals surface area contributed by atoms with Gasteiger partial charge >= 0.3 is 5.97 Å². The van der Waals surface area contributed by atoms with Crippen LogP contribution in [0.3, 0.4) is 0 Å². The van der Waals surface area contributed by atoms with Crippen LogP contribution in [0.4, 0.5) is 5.69 Å². The number of rotatable bonds is 11. The molecule has 0 spiro atoms. The van der Waals surface area contributed by atoms with E-state index in [1.165, 1.54) is 24.3 Å². The Labute approximate surface area is 164 Å². The second-order valence-electron chi connectivity index (χ2n) is 5.99. The first-order valence-corrected chi connectivity index (χ1v) is 10.5. The zero-order valence-electron chi connectivity index (χ0n) is 15.6. The van der Waals surface area contributed by atoms with Crippen molar-refractivity contribution in [1.82, 2.24) is 0 Å². The summed E-state index contributed by atoms with van der Waals surface area (Å²) in [6.45, 7) is 2.68. The molecule has 28 heavy (non-hydrogen) atoms. The van der Waals surface area contributed by atoms with Crippen LogP contribution in [0.1, 0.15) is 22.8 Å². The molecule has 1 amide bonds. The number of aromatic carboxylic acids is 1. The van der Waals surface area contributed by atoms with Crippen LogP contribution in [0, 0.1) is 0 Å². The number of carboxylic acid groups (broad SMARTS) is 1. The van der Waals surface area contributed by atoms with Crippen molar-refractivity contribution in [3.05, 3.63) is 65.7 Å². The quantitative estimate of drug-likeness (QED) is 0.439. The van der Waals surface area contributed by atoms with Crippen molar-refractivity contribution in [2.75, 3.05) is 24.7 Å². The van der Waals surface area contributed by atoms with Gasteiger partial charge in [0.2, 0.25) is 0 Å². The van der Waals surface area contributed by atoms with Crippen LogP contribution in [-0.4, -0.2) is 42.5 Å². The van der Waals surface area contributed by atoms with Gasteiger partial charge in [-0.3, -0.25) is 9.36 Å². The molecule has 150 valence electrons. The molecule has 2 rings (SSSR count). The van der Waals surface area contributed by atoms with Crippen molar-refractivity contribution < 1.29 is 28.5 Å². The zero-order valence-corrected chi connectivity index (χ0v) is 16.6. The van der Waals surface area contributed by atoms with Gasteiger partial charge in [0.1, 0.15) is 6.10 Å². The van der Waals surface area contributed by atoms with Gasteiger partial charge < -0.3 is 19.7 Å². The Morgan fingerprint density at radius 2 is 1.79 bits per heavy atom. The molecule has 0 fully saturated rings. The molecular weight excluding hydrogens is 381 g/mol. The summed E-state index contributed by atoms with van der Waals surface area (Å²) >= 11 is 0. The summed E-state index contributed by atoms with van der Waals surface area (Å²) in [7, 11) is -2.45. The molecule has 1 unspecified atom stereocenters. The van der Waals surface area contributed by atoms with Crippen LogP contribution in [0.25, 0.3) is 0 Å². The van der Waals surface area contributed by atoms with E-state index in [-0.39, 0.29) is 18.1 Å². The Morgan fingerprint density at radius 1 is 1.11 bits per heavy atom. The summed E-state index contributed by atoms with van der Waals surface area (Å²) in [6, 6.07) is 15.1. The van der Waals surface area contributed by atoms with E-state index in [2.05, 4.69) is 5.32 Å². The molecule has 2 aromatic carbocycles. The van der Waals surface area contributed by atoms with Crippen molar-refractivity contribution in [2.45, 2.75) is 19.4 Å². The standard InChI is InChI=1S/C20H24NO6P/c1-2-26-12-13-28(25)27-18(14-15-6-4-3-5-7-15)19(22)21-17-10-8-16(9-11-17)20(23)24/h3-11,18,28H,2,12-14H2,1H3,(H,21,22)(H,23,24)/t18-/m0/s1. The molecule has 8 heteroatoms. The molecule has 0 saturated carbocycles. The number of anilines is 1. The molecule has 0 aliphatic rings. The van der Waals surface area contributed by atoms with Crippen LogP contribution in [0.15, 0.2) is 54.6 Å². The number of hydrogen-bond acceptors (Lipinski definition) is 5. The van der Waals surface area contributed by atoms with Crippen LogP contribution in [0.5, 0.6) is 0 Å². The molecule has 2 atom stereocenters. The van der Waals surface area contributed by atoms with Crippen molar-refractivity contribution in [1.29, 1.82) is 0 Å². The predicted octanol–water partition coefficient (Wildman–Crippen LogP) is 3.46. The Bertz CT molecular complexity index is 794. The third-order valence-electron chi connectivity index (χ3n) is 3.88. The Hall–Kier alpha value is -2.47. The third-order valence-corrected chi connectivity index (χ3v) is 5.04. The second-order valence-corrected chi connectivity index (χ2v) is 7.47. The highest BCUT2D eigenvalue weighted by atomic mass is 31.1. The molecule has 0 bridgehead atoms. The number of carbonyl (C=O) groups excluding carboxylic acids is 1. The lowest BCUT2D eigenvalue weighted by molar-refractivity contribution is -0.122. The van der Waals surface area contributed by atoms with E-state index in [0.717, 1.165) is 5.56 Å². The molecule has 0 heterocycles. The van der Waals surface area contributed by atoms with Crippen molar-refractivity contribution in [2.24, 2.45) is 0 Å². The maximum atomic E-state index is 12.7. The largest absolute Gasteiger partial charge is 0.478 e. The number of hydrogen-bond donors (Lipinski definition) is 2. The van der Waals surface area contributed by atoms with Gasteiger partial charge in [-0.05, 0) is 36.8 Å². The van der Waals surface area contributed by atoms with E-state index in [1.807, 2.05) is 37.3 Å². The van der Waals surface area contributed by atoms with E-state index >= 15 is 0 Å². The van der Waals surface area contributed by atoms with Crippen LogP contribution < -0.4 is 5.32 Å². The summed E-state index contributed by atoms with van der Waals surface area (Å²) in [4.78, 5) is 23.6. The van der Waals surface area contributed by atoms with Crippen LogP contribution in [-0.2, 0) is 25.0 Å². The summed E-state index contributed by atoms with van der Waals surface area (Å²) in [6.07, 6.45) is -0.426. The molecule has 0 aromatic heterocycles. The van der Waals surface area contributed by atoms with Crippen molar-refractivity contribution >= 4 is 25.6 Å². The fraction of sp³-hybridized carbons (Fsp3) is 0.300. The van der Waals surface area contributed by atoms with Crippen LogP contribution in [0.2, 0.25) is 0 Å². The lowest BCUT2D eigenvalue weighted by atomic mass is 10.1. The average molecular weight is 405 g/mol. The second kappa shape index (κ2) is 11.4. The summed E-state index contributed by atoms with van der Waals surface area (Å²) in [5.41, 5.74) is 1.44. The molecule has 0 saturated heterocycles. The lowest BCUT2D eigenvalue weighted by Gasteiger charge is -2.18. The molecular formula is C20H24NO6P. The number of nitrogens with one attached hydrogen (secondary N) is 1. The van der Waals surface area contributed by atoms with Gasteiger partial charge in [0, 0.05) is 24.9 Å². The van der Waals surface area contributed by atoms with Gasteiger partial charge in [-0.1, -0.05) is 30.3 Å². The first-order chi connectivity index (χ1) is 13.5. The summed E-state index contributed by atoms with van der Waals surface area (Å²) in [5.74, 6) is -1.49. The van der Waals surface area contributed by atoms with Gasteiger partial charge in [0.15, 0.2) is 8.03 Å². The Balaban J connectivity index is 2.06. The highest BCUT2D eigenvalue weighted by molar-refractivity contribution is 7.39. The first kappa shape index (κ1) is 21.8. The average Bonchev–Trinajstić information content (AvgIpc) is 2.69. The number of carbonyl (C=O) groups is 2. The smallest absolute Gasteiger partial charge is 0.335 e. The third kappa shape index (κ3) is 7.27. The van der Waals surface area contributed by atoms with E-state index < -0.39 is 26.0 Å². The van der Waals surface area contributed by atoms with Gasteiger partial charge in [0.05, 0.1) is 12.2 Å². The SMILES string of the molecule is CCOCC[PH](=O)O[C@@H](Cc1ccccc1)C(=O)Nc1ccc(C(=O)O)cc1. The van der Waals surface area contributed by atoms with E-state index in [0.29, 0.717) is 18.9 Å². The number of ether oxygens (including phenoxy) is 1. The fourth-order valence-corrected chi connectivity index (χ4v) is 3.39. The minimum Gasteiger partial charge on any atom is -0.478 e.